The van der Waals surface area contributed by atoms with E-state index in [2.05, 4.69) is 56.9 Å². The first-order valence-electron chi connectivity index (χ1n) is 8.10. The number of halogens is 1. The average molecular weight is 324 g/mol. The lowest BCUT2D eigenvalue weighted by molar-refractivity contribution is 0.00578. The Morgan fingerprint density at radius 1 is 0.864 bits per heavy atom. The van der Waals surface area contributed by atoms with Crippen molar-refractivity contribution in [2.24, 2.45) is 0 Å². The zero-order valence-electron chi connectivity index (χ0n) is 14.1. The van der Waals surface area contributed by atoms with Crippen LogP contribution in [0.1, 0.15) is 47.0 Å². The number of rotatable bonds is 2. The fraction of sp³-hybridized carbons (Fsp3) is 0.647. The molecule has 0 amide bonds. The van der Waals surface area contributed by atoms with Gasteiger partial charge in [-0.1, -0.05) is 12.1 Å². The maximum atomic E-state index is 6.10. The Morgan fingerprint density at radius 2 is 1.36 bits per heavy atom. The molecule has 3 nitrogen and oxygen atoms in total. The van der Waals surface area contributed by atoms with Gasteiger partial charge in [0.25, 0.3) is 0 Å². The molecule has 3 rings (SSSR count). The summed E-state index contributed by atoms with van der Waals surface area (Å²) in [5.41, 5.74) is 1.87. The van der Waals surface area contributed by atoms with Crippen LogP contribution in [0.3, 0.4) is 0 Å². The fourth-order valence-electron chi connectivity index (χ4n) is 2.97. The molecule has 0 atom stereocenters. The first kappa shape index (κ1) is 17.6. The Labute approximate surface area is 140 Å². The van der Waals surface area contributed by atoms with Crippen LogP contribution in [0.15, 0.2) is 24.3 Å². The highest BCUT2D eigenvalue weighted by molar-refractivity contribution is 6.62. The Bertz CT molecular complexity index is 482. The van der Waals surface area contributed by atoms with Crippen molar-refractivity contribution in [1.82, 2.24) is 0 Å². The van der Waals surface area contributed by atoms with Crippen LogP contribution in [0.2, 0.25) is 0 Å². The van der Waals surface area contributed by atoms with Gasteiger partial charge in [0.05, 0.1) is 11.2 Å². The Kier molecular flexibility index (Phi) is 5.15. The first-order valence-corrected chi connectivity index (χ1v) is 8.10. The summed E-state index contributed by atoms with van der Waals surface area (Å²) in [7, 11) is -0.259. The largest absolute Gasteiger partial charge is 0.494 e. The molecular formula is C17H27BClNO2. The maximum Gasteiger partial charge on any atom is 0.494 e. The predicted octanol–water partition coefficient (Wildman–Crippen LogP) is 3.40. The van der Waals surface area contributed by atoms with Gasteiger partial charge in [-0.25, -0.2) is 0 Å². The number of nitrogens with zero attached hydrogens (tertiary/aromatic N) is 1. The third-order valence-electron chi connectivity index (χ3n) is 5.14. The molecule has 22 heavy (non-hydrogen) atoms. The van der Waals surface area contributed by atoms with Gasteiger partial charge in [0, 0.05) is 18.8 Å². The maximum absolute atomic E-state index is 6.10. The topological polar surface area (TPSA) is 21.7 Å². The van der Waals surface area contributed by atoms with Crippen LogP contribution in [0, 0.1) is 0 Å². The van der Waals surface area contributed by atoms with Crippen LogP contribution < -0.4 is 10.4 Å². The molecule has 2 saturated heterocycles. The van der Waals surface area contributed by atoms with Gasteiger partial charge in [0.2, 0.25) is 0 Å². The van der Waals surface area contributed by atoms with E-state index in [-0.39, 0.29) is 30.7 Å². The smallest absolute Gasteiger partial charge is 0.399 e. The van der Waals surface area contributed by atoms with Crippen LogP contribution in [-0.2, 0) is 9.31 Å². The zero-order chi connectivity index (χ0) is 15.1. The quantitative estimate of drug-likeness (QED) is 0.779. The minimum absolute atomic E-state index is 0. The first-order chi connectivity index (χ1) is 9.89. The van der Waals surface area contributed by atoms with Crippen molar-refractivity contribution >= 4 is 30.7 Å². The molecule has 0 radical (unpaired) electrons. The second-order valence-corrected chi connectivity index (χ2v) is 7.23. The third kappa shape index (κ3) is 3.29. The molecule has 2 aliphatic rings. The molecular weight excluding hydrogens is 296 g/mol. The highest BCUT2D eigenvalue weighted by atomic mass is 35.5. The van der Waals surface area contributed by atoms with E-state index >= 15 is 0 Å². The van der Waals surface area contributed by atoms with Gasteiger partial charge in [-0.2, -0.15) is 0 Å². The van der Waals surface area contributed by atoms with Crippen molar-refractivity contribution in [1.29, 1.82) is 0 Å². The van der Waals surface area contributed by atoms with Crippen molar-refractivity contribution in [2.75, 3.05) is 18.0 Å². The predicted molar refractivity (Wildman–Crippen MR) is 95.5 cm³/mol. The molecule has 0 N–H and O–H groups in total. The van der Waals surface area contributed by atoms with Crippen LogP contribution >= 0.6 is 12.4 Å². The standard InChI is InChI=1S/C17H26BNO2.ClH/c1-16(2)17(3,4)21-18(20-16)14-8-10-15(11-9-14)19-12-6-5-7-13-19;/h8-11H,5-7,12-13H2,1-4H3;1H. The zero-order valence-corrected chi connectivity index (χ0v) is 14.9. The van der Waals surface area contributed by atoms with E-state index in [0.29, 0.717) is 0 Å². The second kappa shape index (κ2) is 6.42. The van der Waals surface area contributed by atoms with Crippen molar-refractivity contribution in [3.05, 3.63) is 24.3 Å². The van der Waals surface area contributed by atoms with Gasteiger partial charge in [-0.05, 0) is 64.6 Å². The Hall–Kier alpha value is -0.705. The summed E-state index contributed by atoms with van der Waals surface area (Å²) in [5, 5.41) is 0. The van der Waals surface area contributed by atoms with E-state index in [1.165, 1.54) is 38.0 Å². The molecule has 5 heteroatoms. The summed E-state index contributed by atoms with van der Waals surface area (Å²) in [4.78, 5) is 2.47. The van der Waals surface area contributed by atoms with Crippen LogP contribution in [0.5, 0.6) is 0 Å². The van der Waals surface area contributed by atoms with Crippen LogP contribution in [0.25, 0.3) is 0 Å². The summed E-state index contributed by atoms with van der Waals surface area (Å²) < 4.78 is 12.2. The lowest BCUT2D eigenvalue weighted by Crippen LogP contribution is -2.41. The summed E-state index contributed by atoms with van der Waals surface area (Å²) in [6, 6.07) is 8.69. The minimum Gasteiger partial charge on any atom is -0.399 e. The van der Waals surface area contributed by atoms with Gasteiger partial charge in [0.1, 0.15) is 0 Å². The molecule has 0 spiro atoms. The molecule has 0 bridgehead atoms. The number of hydrogen-bond donors (Lipinski definition) is 0. The summed E-state index contributed by atoms with van der Waals surface area (Å²) in [5.74, 6) is 0. The second-order valence-electron chi connectivity index (χ2n) is 7.23. The highest BCUT2D eigenvalue weighted by Gasteiger charge is 2.51. The number of benzene rings is 1. The average Bonchev–Trinajstić information content (AvgIpc) is 2.69. The normalized spacial score (nSPS) is 23.3. The molecule has 0 aromatic heterocycles. The molecule has 2 aliphatic heterocycles. The monoisotopic (exact) mass is 323 g/mol. The Balaban J connectivity index is 0.00000176. The lowest BCUT2D eigenvalue weighted by atomic mass is 9.79. The minimum atomic E-state index is -0.275. The van der Waals surface area contributed by atoms with Gasteiger partial charge < -0.3 is 14.2 Å². The number of piperidine rings is 1. The lowest BCUT2D eigenvalue weighted by Gasteiger charge is -2.32. The summed E-state index contributed by atoms with van der Waals surface area (Å²) in [6.45, 7) is 10.7. The van der Waals surface area contributed by atoms with Crippen molar-refractivity contribution < 1.29 is 9.31 Å². The number of anilines is 1. The summed E-state index contributed by atoms with van der Waals surface area (Å²) >= 11 is 0. The van der Waals surface area contributed by atoms with Crippen molar-refractivity contribution in [3.63, 3.8) is 0 Å². The van der Waals surface area contributed by atoms with Gasteiger partial charge in [-0.3, -0.25) is 0 Å². The van der Waals surface area contributed by atoms with Gasteiger partial charge in [-0.15, -0.1) is 12.4 Å². The Morgan fingerprint density at radius 3 is 1.86 bits per heavy atom. The van der Waals surface area contributed by atoms with Crippen molar-refractivity contribution in [3.8, 4) is 0 Å². The molecule has 1 aromatic carbocycles. The van der Waals surface area contributed by atoms with E-state index in [9.17, 15) is 0 Å². The molecule has 0 aliphatic carbocycles. The van der Waals surface area contributed by atoms with E-state index in [1.807, 2.05) is 0 Å². The van der Waals surface area contributed by atoms with E-state index in [4.69, 9.17) is 9.31 Å². The molecule has 2 fully saturated rings. The van der Waals surface area contributed by atoms with Gasteiger partial charge >= 0.3 is 7.12 Å². The number of hydrogen-bond acceptors (Lipinski definition) is 3. The van der Waals surface area contributed by atoms with Crippen molar-refractivity contribution in [2.45, 2.75) is 58.2 Å². The molecule has 1 aromatic rings. The fourth-order valence-corrected chi connectivity index (χ4v) is 2.97. The third-order valence-corrected chi connectivity index (χ3v) is 5.14. The summed E-state index contributed by atoms with van der Waals surface area (Å²) in [6.07, 6.45) is 3.97. The molecule has 0 saturated carbocycles. The molecule has 2 heterocycles. The van der Waals surface area contributed by atoms with E-state index in [1.54, 1.807) is 0 Å². The molecule has 122 valence electrons. The van der Waals surface area contributed by atoms with Gasteiger partial charge in [0.15, 0.2) is 0 Å². The van der Waals surface area contributed by atoms with Crippen LogP contribution in [0.4, 0.5) is 5.69 Å². The molecule has 0 unspecified atom stereocenters. The van der Waals surface area contributed by atoms with E-state index < -0.39 is 0 Å². The van der Waals surface area contributed by atoms with Crippen LogP contribution in [-0.4, -0.2) is 31.4 Å². The van der Waals surface area contributed by atoms with E-state index in [0.717, 1.165) is 5.46 Å². The highest BCUT2D eigenvalue weighted by Crippen LogP contribution is 2.36. The SMILES string of the molecule is CC1(C)OB(c2ccc(N3CCCCC3)cc2)OC1(C)C.Cl.